The van der Waals surface area contributed by atoms with Crippen LogP contribution in [0.2, 0.25) is 0 Å². The molecule has 2 aromatic rings. The van der Waals surface area contributed by atoms with Crippen LogP contribution in [-0.2, 0) is 0 Å². The van der Waals surface area contributed by atoms with E-state index in [4.69, 9.17) is 4.98 Å². The molecular formula is C22H30N2. The minimum absolute atomic E-state index is 0.704. The zero-order chi connectivity index (χ0) is 16.4. The molecule has 1 aromatic heterocycles. The number of para-hydroxylation sites is 1. The normalized spacial score (nSPS) is 20.4. The molecule has 0 spiro atoms. The SMILES string of the molecule is Cc1cc(N(C2CCCCC2)C2CCCCC2)nc2ccccc12. The van der Waals surface area contributed by atoms with Crippen molar-refractivity contribution < 1.29 is 0 Å². The Morgan fingerprint density at radius 3 is 2.04 bits per heavy atom. The highest BCUT2D eigenvalue weighted by atomic mass is 15.2. The molecule has 128 valence electrons. The summed E-state index contributed by atoms with van der Waals surface area (Å²) < 4.78 is 0. The van der Waals surface area contributed by atoms with Gasteiger partial charge in [0.05, 0.1) is 5.52 Å². The molecule has 2 nitrogen and oxygen atoms in total. The maximum Gasteiger partial charge on any atom is 0.130 e. The van der Waals surface area contributed by atoms with E-state index >= 15 is 0 Å². The topological polar surface area (TPSA) is 16.1 Å². The second kappa shape index (κ2) is 7.13. The number of rotatable bonds is 3. The Morgan fingerprint density at radius 1 is 0.833 bits per heavy atom. The third kappa shape index (κ3) is 3.16. The summed E-state index contributed by atoms with van der Waals surface area (Å²) >= 11 is 0. The van der Waals surface area contributed by atoms with Gasteiger partial charge >= 0.3 is 0 Å². The van der Waals surface area contributed by atoms with Crippen LogP contribution in [0, 0.1) is 6.92 Å². The predicted molar refractivity (Wildman–Crippen MR) is 103 cm³/mol. The molecule has 24 heavy (non-hydrogen) atoms. The average molecular weight is 322 g/mol. The molecule has 0 atom stereocenters. The molecule has 1 aromatic carbocycles. The molecule has 4 rings (SSSR count). The van der Waals surface area contributed by atoms with Gasteiger partial charge in [0.25, 0.3) is 0 Å². The number of hydrogen-bond donors (Lipinski definition) is 0. The first-order valence-corrected chi connectivity index (χ1v) is 9.97. The Hall–Kier alpha value is -1.57. The summed E-state index contributed by atoms with van der Waals surface area (Å²) in [5, 5.41) is 1.30. The Labute approximate surface area is 146 Å². The summed E-state index contributed by atoms with van der Waals surface area (Å²) in [6.07, 6.45) is 13.8. The Morgan fingerprint density at radius 2 is 1.42 bits per heavy atom. The van der Waals surface area contributed by atoms with Gasteiger partial charge in [-0.3, -0.25) is 0 Å². The fourth-order valence-corrected chi connectivity index (χ4v) is 4.85. The highest BCUT2D eigenvalue weighted by Crippen LogP contribution is 2.34. The minimum Gasteiger partial charge on any atom is -0.351 e. The molecule has 1 heterocycles. The van der Waals surface area contributed by atoms with Crippen LogP contribution in [0.15, 0.2) is 30.3 Å². The smallest absolute Gasteiger partial charge is 0.130 e. The largest absolute Gasteiger partial charge is 0.351 e. The van der Waals surface area contributed by atoms with E-state index in [9.17, 15) is 0 Å². The van der Waals surface area contributed by atoms with E-state index in [-0.39, 0.29) is 0 Å². The van der Waals surface area contributed by atoms with E-state index in [0.29, 0.717) is 12.1 Å². The Bertz CT molecular complexity index is 663. The molecule has 2 aliphatic rings. The van der Waals surface area contributed by atoms with E-state index < -0.39 is 0 Å². The summed E-state index contributed by atoms with van der Waals surface area (Å²) in [7, 11) is 0. The molecular weight excluding hydrogens is 292 g/mol. The maximum absolute atomic E-state index is 5.11. The van der Waals surface area contributed by atoms with Gasteiger partial charge in [0, 0.05) is 17.5 Å². The van der Waals surface area contributed by atoms with Crippen molar-refractivity contribution in [1.82, 2.24) is 4.98 Å². The summed E-state index contributed by atoms with van der Waals surface area (Å²) in [4.78, 5) is 7.86. The molecule has 0 radical (unpaired) electrons. The van der Waals surface area contributed by atoms with Crippen molar-refractivity contribution in [3.8, 4) is 0 Å². The number of anilines is 1. The number of aryl methyl sites for hydroxylation is 1. The van der Waals surface area contributed by atoms with Gasteiger partial charge in [0.1, 0.15) is 5.82 Å². The molecule has 0 saturated heterocycles. The van der Waals surface area contributed by atoms with Gasteiger partial charge in [-0.05, 0) is 50.3 Å². The molecule has 0 aliphatic heterocycles. The lowest BCUT2D eigenvalue weighted by Crippen LogP contribution is -2.46. The summed E-state index contributed by atoms with van der Waals surface area (Å²) in [6, 6.07) is 12.4. The van der Waals surface area contributed by atoms with E-state index in [0.717, 1.165) is 5.52 Å². The lowest BCUT2D eigenvalue weighted by Gasteiger charge is -2.42. The van der Waals surface area contributed by atoms with Gasteiger partial charge in [-0.25, -0.2) is 4.98 Å². The van der Waals surface area contributed by atoms with Crippen LogP contribution in [0.4, 0.5) is 5.82 Å². The molecule has 2 saturated carbocycles. The first kappa shape index (κ1) is 15.9. The third-order valence-electron chi connectivity index (χ3n) is 6.11. The highest BCUT2D eigenvalue weighted by Gasteiger charge is 2.30. The maximum atomic E-state index is 5.11. The van der Waals surface area contributed by atoms with Gasteiger partial charge in [0.2, 0.25) is 0 Å². The van der Waals surface area contributed by atoms with Crippen LogP contribution < -0.4 is 4.90 Å². The van der Waals surface area contributed by atoms with Gasteiger partial charge in [0.15, 0.2) is 0 Å². The number of aromatic nitrogens is 1. The van der Waals surface area contributed by atoms with E-state index in [1.54, 1.807) is 0 Å². The van der Waals surface area contributed by atoms with Crippen molar-refractivity contribution in [1.29, 1.82) is 0 Å². The van der Waals surface area contributed by atoms with Gasteiger partial charge < -0.3 is 4.90 Å². The first-order valence-electron chi connectivity index (χ1n) is 9.97. The molecule has 0 amide bonds. The number of pyridine rings is 1. The molecule has 2 heteroatoms. The van der Waals surface area contributed by atoms with Gasteiger partial charge in [-0.2, -0.15) is 0 Å². The first-order chi connectivity index (χ1) is 11.8. The second-order valence-electron chi connectivity index (χ2n) is 7.81. The fourth-order valence-electron chi connectivity index (χ4n) is 4.85. The van der Waals surface area contributed by atoms with Crippen molar-refractivity contribution >= 4 is 16.7 Å². The summed E-state index contributed by atoms with van der Waals surface area (Å²) in [5.74, 6) is 1.24. The van der Waals surface area contributed by atoms with Crippen LogP contribution in [0.3, 0.4) is 0 Å². The molecule has 2 aliphatic carbocycles. The van der Waals surface area contributed by atoms with Crippen molar-refractivity contribution in [2.45, 2.75) is 83.2 Å². The fraction of sp³-hybridized carbons (Fsp3) is 0.591. The van der Waals surface area contributed by atoms with Crippen molar-refractivity contribution in [2.75, 3.05) is 4.90 Å². The predicted octanol–water partition coefficient (Wildman–Crippen LogP) is 6.02. The molecule has 0 bridgehead atoms. The molecule has 2 fully saturated rings. The van der Waals surface area contributed by atoms with Gasteiger partial charge in [-0.15, -0.1) is 0 Å². The summed E-state index contributed by atoms with van der Waals surface area (Å²) in [6.45, 7) is 2.24. The van der Waals surface area contributed by atoms with E-state index in [1.165, 1.54) is 81.0 Å². The molecule has 0 unspecified atom stereocenters. The zero-order valence-electron chi connectivity index (χ0n) is 15.0. The van der Waals surface area contributed by atoms with Crippen molar-refractivity contribution in [2.24, 2.45) is 0 Å². The minimum atomic E-state index is 0.704. The van der Waals surface area contributed by atoms with Crippen LogP contribution >= 0.6 is 0 Å². The van der Waals surface area contributed by atoms with Crippen LogP contribution in [0.1, 0.15) is 69.8 Å². The van der Waals surface area contributed by atoms with Crippen LogP contribution in [-0.4, -0.2) is 17.1 Å². The number of fused-ring (bicyclic) bond motifs is 1. The van der Waals surface area contributed by atoms with Gasteiger partial charge in [-0.1, -0.05) is 56.7 Å². The Balaban J connectivity index is 1.74. The summed E-state index contributed by atoms with van der Waals surface area (Å²) in [5.41, 5.74) is 2.52. The number of hydrogen-bond acceptors (Lipinski definition) is 2. The van der Waals surface area contributed by atoms with E-state index in [2.05, 4.69) is 42.2 Å². The van der Waals surface area contributed by atoms with Crippen LogP contribution in [0.25, 0.3) is 10.9 Å². The second-order valence-corrected chi connectivity index (χ2v) is 7.81. The van der Waals surface area contributed by atoms with Crippen molar-refractivity contribution in [3.63, 3.8) is 0 Å². The monoisotopic (exact) mass is 322 g/mol. The standard InChI is InChI=1S/C22H30N2/c1-17-16-22(23-21-15-9-8-14-20(17)21)24(18-10-4-2-5-11-18)19-12-6-3-7-13-19/h8-9,14-16,18-19H,2-7,10-13H2,1H3. The third-order valence-corrected chi connectivity index (χ3v) is 6.11. The van der Waals surface area contributed by atoms with Crippen molar-refractivity contribution in [3.05, 3.63) is 35.9 Å². The lowest BCUT2D eigenvalue weighted by molar-refractivity contribution is 0.338. The number of nitrogens with zero attached hydrogens (tertiary/aromatic N) is 2. The number of benzene rings is 1. The highest BCUT2D eigenvalue weighted by molar-refractivity contribution is 5.83. The quantitative estimate of drug-likeness (QED) is 0.687. The average Bonchev–Trinajstić information content (AvgIpc) is 2.64. The Kier molecular flexibility index (Phi) is 4.73. The zero-order valence-corrected chi connectivity index (χ0v) is 15.0. The van der Waals surface area contributed by atoms with Crippen LogP contribution in [0.5, 0.6) is 0 Å². The molecule has 0 N–H and O–H groups in total. The lowest BCUT2D eigenvalue weighted by atomic mass is 9.88. The van der Waals surface area contributed by atoms with E-state index in [1.807, 2.05) is 0 Å².